The van der Waals surface area contributed by atoms with Gasteiger partial charge in [0.15, 0.2) is 0 Å². The van der Waals surface area contributed by atoms with Crippen molar-refractivity contribution in [2.75, 3.05) is 69.5 Å². The van der Waals surface area contributed by atoms with Crippen LogP contribution in [0.4, 0.5) is 0 Å². The number of hydrogen-bond donors (Lipinski definition) is 4. The molecule has 2 unspecified atom stereocenters. The van der Waals surface area contributed by atoms with E-state index < -0.39 is 150 Å². The highest BCUT2D eigenvalue weighted by Crippen LogP contribution is 2.26. The highest BCUT2D eigenvalue weighted by Gasteiger charge is 2.45. The molecule has 0 spiro atoms. The Kier molecular flexibility index (Phi) is 31.5. The zero-order valence-corrected chi connectivity index (χ0v) is 56.1. The normalized spacial score (nSPS) is 26.3. The molecule has 0 radical (unpaired) electrons. The number of carbonyl (C=O) groups excluding carboxylic acids is 11. The van der Waals surface area contributed by atoms with Crippen molar-refractivity contribution in [3.8, 4) is 0 Å². The number of likely N-dealkylation sites (N-methyl/N-ethyl adjacent to an activating group) is 8. The number of hydrogen-bond acceptors (Lipinski definition) is 12. The Bertz CT molecular complexity index is 2330. The first-order valence-corrected chi connectivity index (χ1v) is 30.5. The predicted molar refractivity (Wildman–Crippen MR) is 328 cm³/mol. The van der Waals surface area contributed by atoms with E-state index in [1.165, 1.54) is 105 Å². The summed E-state index contributed by atoms with van der Waals surface area (Å²) in [5, 5.41) is 20.3. The second-order valence-corrected chi connectivity index (χ2v) is 26.2. The van der Waals surface area contributed by atoms with E-state index in [0.717, 1.165) is 4.90 Å². The van der Waals surface area contributed by atoms with Crippen LogP contribution in [0.2, 0.25) is 0 Å². The van der Waals surface area contributed by atoms with Gasteiger partial charge in [-0.1, -0.05) is 102 Å². The summed E-state index contributed by atoms with van der Waals surface area (Å²) >= 11 is 0. The molecule has 0 bridgehead atoms. The van der Waals surface area contributed by atoms with Crippen molar-refractivity contribution in [1.82, 2.24) is 55.1 Å². The van der Waals surface area contributed by atoms with Gasteiger partial charge >= 0.3 is 0 Å². The lowest BCUT2D eigenvalue weighted by Crippen LogP contribution is -2.62. The van der Waals surface area contributed by atoms with Crippen LogP contribution < -0.4 is 16.0 Å². The second kappa shape index (κ2) is 34.9. The third-order valence-electron chi connectivity index (χ3n) is 16.1. The van der Waals surface area contributed by atoms with E-state index in [2.05, 4.69) is 16.0 Å². The maximum Gasteiger partial charge on any atom is 0.247 e. The first-order valence-electron chi connectivity index (χ1n) is 30.5. The summed E-state index contributed by atoms with van der Waals surface area (Å²) in [7, 11) is 11.5. The number of nitrogens with one attached hydrogen (secondary N) is 3. The molecule has 1 aliphatic rings. The molecule has 0 aromatic carbocycles. The van der Waals surface area contributed by atoms with Gasteiger partial charge < -0.3 is 60.3 Å². The molecule has 23 heteroatoms. The summed E-state index contributed by atoms with van der Waals surface area (Å²) in [5.41, 5.74) is 0. The number of rotatable bonds is 14. The van der Waals surface area contributed by atoms with E-state index in [4.69, 9.17) is 0 Å². The lowest BCUT2D eigenvalue weighted by molar-refractivity contribution is -0.159. The fraction of sp³-hybridized carbons (Fsp3) is 0.790. The lowest BCUT2D eigenvalue weighted by atomic mass is 9.91. The van der Waals surface area contributed by atoms with Gasteiger partial charge in [0, 0.05) is 69.3 Å². The number of aliphatic hydroxyl groups excluding tert-OH is 1. The third-order valence-corrected chi connectivity index (χ3v) is 16.1. The minimum atomic E-state index is -1.50. The zero-order chi connectivity index (χ0) is 66.0. The fourth-order valence-corrected chi connectivity index (χ4v) is 10.6. The molecule has 23 nitrogen and oxygen atoms in total. The van der Waals surface area contributed by atoms with Crippen LogP contribution in [0.25, 0.3) is 0 Å². The molecule has 1 fully saturated rings. The Morgan fingerprint density at radius 3 is 1.32 bits per heavy atom. The topological polar surface area (TPSA) is 270 Å². The number of allylic oxidation sites excluding steroid dienone is 2. The third kappa shape index (κ3) is 22.0. The maximum atomic E-state index is 15.1. The first kappa shape index (κ1) is 76.9. The SMILES string of the molecule is C/C=C/CC(C)C(O)[C@H]1C(=O)N(C)CCC(=O)N(C)CC(=O)N(C)[C@@H](CC(C)C)C(=O)N[C@@H](C(C)C)C(=O)N(C)[C@@H](CC(C)C)C(=O)N[C@@H](C)C(=O)N[C@@H](C)C(=O)N(C)[C@@H](CC(C)C)C(=O)N(C)[C@@H](CC(C)C)C(=O)N(C)[C@@H](C(C)C)C(=O)N1C. The van der Waals surface area contributed by atoms with E-state index in [9.17, 15) is 48.3 Å². The molecular weight excluding hydrogens is 1090 g/mol. The minimum absolute atomic E-state index is 0.113. The Morgan fingerprint density at radius 2 is 0.859 bits per heavy atom. The monoisotopic (exact) mass is 1200 g/mol. The van der Waals surface area contributed by atoms with Crippen molar-refractivity contribution in [1.29, 1.82) is 0 Å². The smallest absolute Gasteiger partial charge is 0.247 e. The van der Waals surface area contributed by atoms with Crippen LogP contribution in [0, 0.1) is 41.4 Å². The molecular formula is C62H111N11O12. The summed E-state index contributed by atoms with van der Waals surface area (Å²) in [6.07, 6.45) is 2.94. The summed E-state index contributed by atoms with van der Waals surface area (Å²) in [5.74, 6) is -9.07. The molecule has 486 valence electrons. The fourth-order valence-electron chi connectivity index (χ4n) is 10.6. The van der Waals surface area contributed by atoms with Crippen LogP contribution in [0.15, 0.2) is 12.2 Å². The van der Waals surface area contributed by atoms with E-state index in [-0.39, 0.29) is 62.3 Å². The Morgan fingerprint density at radius 1 is 0.447 bits per heavy atom. The van der Waals surface area contributed by atoms with E-state index in [1.54, 1.807) is 40.7 Å². The van der Waals surface area contributed by atoms with Crippen LogP contribution >= 0.6 is 0 Å². The molecule has 0 saturated carbocycles. The van der Waals surface area contributed by atoms with Gasteiger partial charge in [-0.25, -0.2) is 0 Å². The van der Waals surface area contributed by atoms with Crippen LogP contribution in [0.3, 0.4) is 0 Å². The van der Waals surface area contributed by atoms with Crippen LogP contribution in [-0.4, -0.2) is 239 Å². The van der Waals surface area contributed by atoms with Gasteiger partial charge in [0.2, 0.25) is 65.0 Å². The largest absolute Gasteiger partial charge is 0.390 e. The van der Waals surface area contributed by atoms with E-state index in [1.807, 2.05) is 68.4 Å². The van der Waals surface area contributed by atoms with Crippen LogP contribution in [0.1, 0.15) is 149 Å². The van der Waals surface area contributed by atoms with Gasteiger partial charge in [-0.05, 0) is 94.3 Å². The van der Waals surface area contributed by atoms with Crippen molar-refractivity contribution < 1.29 is 57.8 Å². The van der Waals surface area contributed by atoms with Crippen molar-refractivity contribution in [3.05, 3.63) is 12.2 Å². The summed E-state index contributed by atoms with van der Waals surface area (Å²) in [6.45, 7) is 27.7. The number of carbonyl (C=O) groups is 11. The molecule has 1 aliphatic heterocycles. The standard InChI is InChI=1S/C62H111N11O12/c1-25-26-27-41(14)53(76)52-61(84)66(17)29-28-48(74)67(18)34-49(75)68(19)44(30-35(2)3)56(79)65-50(39(10)11)60(83)69(20)45(31-36(4)5)55(78)63-42(15)54(77)64-43(16)57(80)70(21)46(32-37(6)7)58(81)71(22)47(33-38(8)9)59(82)72(23)51(40(12)13)62(85)73(52)24/h25-26,35-47,50-53,76H,27-34H2,1-24H3,(H,63,78)(H,64,77)(H,65,79)/b26-25+/t41?,42-,43-,44-,45-,46-,47-,50-,51-,52-,53?/m0/s1. The maximum absolute atomic E-state index is 15.1. The van der Waals surface area contributed by atoms with Crippen LogP contribution in [-0.2, 0) is 52.7 Å². The molecule has 11 amide bonds. The molecule has 85 heavy (non-hydrogen) atoms. The van der Waals surface area contributed by atoms with Crippen molar-refractivity contribution in [2.24, 2.45) is 41.4 Å². The Hall–Kier alpha value is -6.13. The highest BCUT2D eigenvalue weighted by molar-refractivity contribution is 5.99. The van der Waals surface area contributed by atoms with E-state index >= 15 is 9.59 Å². The summed E-state index contributed by atoms with van der Waals surface area (Å²) in [4.78, 5) is 169. The van der Waals surface area contributed by atoms with Crippen molar-refractivity contribution in [2.45, 2.75) is 210 Å². The molecule has 1 rings (SSSR count). The average molecular weight is 1200 g/mol. The quantitative estimate of drug-likeness (QED) is 0.183. The Labute approximate surface area is 509 Å². The van der Waals surface area contributed by atoms with Crippen LogP contribution in [0.5, 0.6) is 0 Å². The van der Waals surface area contributed by atoms with Gasteiger partial charge in [-0.3, -0.25) is 52.7 Å². The predicted octanol–water partition coefficient (Wildman–Crippen LogP) is 3.22. The number of nitrogens with zero attached hydrogens (tertiary/aromatic N) is 8. The van der Waals surface area contributed by atoms with Crippen molar-refractivity contribution >= 4 is 65.0 Å². The average Bonchev–Trinajstić information content (AvgIpc) is 3.08. The van der Waals surface area contributed by atoms with Gasteiger partial charge in [0.25, 0.3) is 0 Å². The van der Waals surface area contributed by atoms with Gasteiger partial charge in [0.05, 0.1) is 12.6 Å². The molecule has 4 N–H and O–H groups in total. The first-order chi connectivity index (χ1) is 39.2. The molecule has 11 atom stereocenters. The molecule has 1 saturated heterocycles. The Balaban J connectivity index is 4.22. The minimum Gasteiger partial charge on any atom is -0.390 e. The number of amides is 11. The second-order valence-electron chi connectivity index (χ2n) is 26.2. The highest BCUT2D eigenvalue weighted by atomic mass is 16.3. The number of aliphatic hydroxyl groups is 1. The summed E-state index contributed by atoms with van der Waals surface area (Å²) in [6, 6.07) is -10.8. The summed E-state index contributed by atoms with van der Waals surface area (Å²) < 4.78 is 0. The van der Waals surface area contributed by atoms with Gasteiger partial charge in [-0.2, -0.15) is 0 Å². The zero-order valence-electron chi connectivity index (χ0n) is 56.1. The van der Waals surface area contributed by atoms with Crippen molar-refractivity contribution in [3.63, 3.8) is 0 Å². The van der Waals surface area contributed by atoms with Gasteiger partial charge in [-0.15, -0.1) is 0 Å². The lowest BCUT2D eigenvalue weighted by Gasteiger charge is -2.42. The molecule has 0 aliphatic carbocycles. The van der Waals surface area contributed by atoms with E-state index in [0.29, 0.717) is 6.42 Å². The molecule has 0 aromatic heterocycles. The molecule has 0 aromatic rings. The van der Waals surface area contributed by atoms with Gasteiger partial charge in [0.1, 0.15) is 54.4 Å². The molecule has 1 heterocycles.